The molecule has 0 N–H and O–H groups in total. The van der Waals surface area contributed by atoms with E-state index in [1.165, 1.54) is 52.7 Å². The summed E-state index contributed by atoms with van der Waals surface area (Å²) in [6, 6.07) is 28.5. The maximum Gasteiger partial charge on any atom is 0.185 e. The SMILES string of the molecule is Br.Fc1ccc(C/N=c2/scc(C3(c4ccc5ccccc5c4)CCC3)n2Cc2ccc(F)cc2)cc1. The van der Waals surface area contributed by atoms with Crippen LogP contribution in [-0.2, 0) is 18.5 Å². The molecule has 1 aromatic heterocycles. The quantitative estimate of drug-likeness (QED) is 0.194. The summed E-state index contributed by atoms with van der Waals surface area (Å²) in [6.07, 6.45) is 3.35. The van der Waals surface area contributed by atoms with Gasteiger partial charge in [-0.05, 0) is 64.6 Å². The average Bonchev–Trinajstić information content (AvgIpc) is 3.26. The van der Waals surface area contributed by atoms with E-state index in [1.807, 2.05) is 12.1 Å². The number of hydrogen-bond donors (Lipinski definition) is 0. The van der Waals surface area contributed by atoms with Crippen LogP contribution in [0, 0.1) is 11.6 Å². The van der Waals surface area contributed by atoms with Crippen molar-refractivity contribution in [3.8, 4) is 0 Å². The predicted octanol–water partition coefficient (Wildman–Crippen LogP) is 8.18. The third-order valence-electron chi connectivity index (χ3n) is 7.36. The maximum atomic E-state index is 13.6. The Hall–Kier alpha value is -3.09. The fourth-order valence-electron chi connectivity index (χ4n) is 5.22. The highest BCUT2D eigenvalue weighted by molar-refractivity contribution is 8.93. The van der Waals surface area contributed by atoms with E-state index in [9.17, 15) is 8.78 Å². The van der Waals surface area contributed by atoms with Crippen LogP contribution in [0.25, 0.3) is 10.8 Å². The van der Waals surface area contributed by atoms with E-state index in [4.69, 9.17) is 4.99 Å². The molecule has 2 nitrogen and oxygen atoms in total. The summed E-state index contributed by atoms with van der Waals surface area (Å²) in [4.78, 5) is 5.86. The molecule has 0 amide bonds. The predicted molar refractivity (Wildman–Crippen MR) is 152 cm³/mol. The summed E-state index contributed by atoms with van der Waals surface area (Å²) in [6.45, 7) is 1.10. The minimum atomic E-state index is -0.245. The van der Waals surface area contributed by atoms with E-state index in [1.54, 1.807) is 23.5 Å². The number of nitrogens with zero attached hydrogens (tertiary/aromatic N) is 2. The van der Waals surface area contributed by atoms with Crippen molar-refractivity contribution in [3.63, 3.8) is 0 Å². The lowest BCUT2D eigenvalue weighted by molar-refractivity contribution is 0.284. The van der Waals surface area contributed by atoms with E-state index in [2.05, 4.69) is 52.4 Å². The topological polar surface area (TPSA) is 17.3 Å². The summed E-state index contributed by atoms with van der Waals surface area (Å²) in [5, 5.41) is 4.75. The molecule has 6 rings (SSSR count). The van der Waals surface area contributed by atoms with Crippen molar-refractivity contribution >= 4 is 39.1 Å². The van der Waals surface area contributed by atoms with Crippen molar-refractivity contribution in [1.82, 2.24) is 4.57 Å². The van der Waals surface area contributed by atoms with Crippen molar-refractivity contribution in [3.05, 3.63) is 135 Å². The van der Waals surface area contributed by atoms with Crippen LogP contribution in [-0.4, -0.2) is 4.57 Å². The molecule has 6 heteroatoms. The van der Waals surface area contributed by atoms with E-state index in [0.717, 1.165) is 28.8 Å². The first-order valence-corrected chi connectivity index (χ1v) is 13.2. The number of rotatable bonds is 6. The molecule has 1 fully saturated rings. The Bertz CT molecular complexity index is 1580. The molecule has 1 aliphatic carbocycles. The Morgan fingerprint density at radius 3 is 2.08 bits per heavy atom. The molecule has 37 heavy (non-hydrogen) atoms. The summed E-state index contributed by atoms with van der Waals surface area (Å²) < 4.78 is 29.3. The van der Waals surface area contributed by atoms with Crippen LogP contribution in [0.4, 0.5) is 8.78 Å². The van der Waals surface area contributed by atoms with Crippen LogP contribution in [0.15, 0.2) is 101 Å². The third-order valence-corrected chi connectivity index (χ3v) is 8.26. The lowest BCUT2D eigenvalue weighted by Crippen LogP contribution is -2.39. The Balaban J connectivity index is 0.00000280. The number of halogens is 3. The van der Waals surface area contributed by atoms with Gasteiger partial charge >= 0.3 is 0 Å². The lowest BCUT2D eigenvalue weighted by atomic mass is 9.62. The van der Waals surface area contributed by atoms with Gasteiger partial charge in [-0.1, -0.05) is 73.2 Å². The van der Waals surface area contributed by atoms with Gasteiger partial charge in [0.25, 0.3) is 0 Å². The minimum absolute atomic E-state index is 0. The fourth-order valence-corrected chi connectivity index (χ4v) is 6.22. The molecule has 0 bridgehead atoms. The van der Waals surface area contributed by atoms with Crippen molar-refractivity contribution in [2.75, 3.05) is 0 Å². The smallest absolute Gasteiger partial charge is 0.185 e. The maximum absolute atomic E-state index is 13.6. The van der Waals surface area contributed by atoms with E-state index in [0.29, 0.717) is 13.1 Å². The number of hydrogen-bond acceptors (Lipinski definition) is 2. The number of fused-ring (bicyclic) bond motifs is 1. The van der Waals surface area contributed by atoms with E-state index < -0.39 is 0 Å². The average molecular weight is 578 g/mol. The Morgan fingerprint density at radius 1 is 0.784 bits per heavy atom. The van der Waals surface area contributed by atoms with Gasteiger partial charge in [0.1, 0.15) is 11.6 Å². The molecular weight excluding hydrogens is 550 g/mol. The molecule has 4 aromatic carbocycles. The second kappa shape index (κ2) is 10.7. The standard InChI is InChI=1S/C31H26F2N2S.BrH/c32-27-12-6-22(7-13-27)19-34-30-35(20-23-8-14-28(33)15-9-23)29(21-36-30)31(16-3-17-31)26-11-10-24-4-1-2-5-25(24)18-26;/h1-2,4-15,18,21H,3,16-17,19-20H2;1H/b34-30+;. The zero-order chi connectivity index (χ0) is 24.5. The minimum Gasteiger partial charge on any atom is -0.316 e. The summed E-state index contributed by atoms with van der Waals surface area (Å²) >= 11 is 1.64. The molecule has 0 atom stereocenters. The zero-order valence-electron chi connectivity index (χ0n) is 20.2. The molecule has 1 aliphatic rings. The first-order chi connectivity index (χ1) is 17.6. The van der Waals surface area contributed by atoms with Gasteiger partial charge in [0, 0.05) is 16.5 Å². The van der Waals surface area contributed by atoms with Crippen LogP contribution < -0.4 is 4.80 Å². The summed E-state index contributed by atoms with van der Waals surface area (Å²) in [7, 11) is 0. The molecular formula is C31H27BrF2N2S. The molecule has 0 aliphatic heterocycles. The molecule has 0 unspecified atom stereocenters. The van der Waals surface area contributed by atoms with Crippen molar-refractivity contribution in [1.29, 1.82) is 0 Å². The van der Waals surface area contributed by atoms with Crippen molar-refractivity contribution in [2.24, 2.45) is 4.99 Å². The summed E-state index contributed by atoms with van der Waals surface area (Å²) in [5.41, 5.74) is 4.53. The molecule has 188 valence electrons. The normalized spacial score (nSPS) is 14.8. The van der Waals surface area contributed by atoms with Gasteiger partial charge in [0.05, 0.1) is 13.1 Å². The lowest BCUT2D eigenvalue weighted by Gasteiger charge is -2.43. The van der Waals surface area contributed by atoms with Gasteiger partial charge in [-0.25, -0.2) is 8.78 Å². The summed E-state index contributed by atoms with van der Waals surface area (Å²) in [5.74, 6) is -0.479. The van der Waals surface area contributed by atoms with Crippen molar-refractivity contribution < 1.29 is 8.78 Å². The van der Waals surface area contributed by atoms with Gasteiger partial charge < -0.3 is 4.57 Å². The first-order valence-electron chi connectivity index (χ1n) is 12.3. The van der Waals surface area contributed by atoms with E-state index in [-0.39, 0.29) is 34.0 Å². The van der Waals surface area contributed by atoms with Crippen molar-refractivity contribution in [2.45, 2.75) is 37.8 Å². The third kappa shape index (κ3) is 5.05. The molecule has 5 aromatic rings. The Labute approximate surface area is 229 Å². The van der Waals surface area contributed by atoms with Gasteiger partial charge in [0.15, 0.2) is 4.80 Å². The van der Waals surface area contributed by atoms with Gasteiger partial charge in [0.2, 0.25) is 0 Å². The highest BCUT2D eigenvalue weighted by atomic mass is 79.9. The highest BCUT2D eigenvalue weighted by Gasteiger charge is 2.43. The van der Waals surface area contributed by atoms with Gasteiger partial charge in [-0.2, -0.15) is 0 Å². The van der Waals surface area contributed by atoms with E-state index >= 15 is 0 Å². The molecule has 0 spiro atoms. The zero-order valence-corrected chi connectivity index (χ0v) is 22.8. The molecule has 1 heterocycles. The molecule has 0 saturated heterocycles. The second-order valence-corrected chi connectivity index (χ2v) is 10.4. The number of aromatic nitrogens is 1. The largest absolute Gasteiger partial charge is 0.316 e. The first kappa shape index (κ1) is 25.6. The fraction of sp³-hybridized carbons (Fsp3) is 0.194. The van der Waals surface area contributed by atoms with Gasteiger partial charge in [-0.15, -0.1) is 28.3 Å². The Morgan fingerprint density at radius 2 is 1.43 bits per heavy atom. The monoisotopic (exact) mass is 576 g/mol. The van der Waals surface area contributed by atoms with Crippen LogP contribution in [0.3, 0.4) is 0 Å². The number of benzene rings is 4. The van der Waals surface area contributed by atoms with Crippen LogP contribution in [0.1, 0.15) is 41.6 Å². The molecule has 1 saturated carbocycles. The second-order valence-electron chi connectivity index (χ2n) is 9.56. The van der Waals surface area contributed by atoms with Crippen LogP contribution in [0.2, 0.25) is 0 Å². The number of thiazole rings is 1. The molecule has 0 radical (unpaired) electrons. The van der Waals surface area contributed by atoms with Crippen LogP contribution >= 0.6 is 28.3 Å². The van der Waals surface area contributed by atoms with Crippen LogP contribution in [0.5, 0.6) is 0 Å². The highest BCUT2D eigenvalue weighted by Crippen LogP contribution is 2.49. The van der Waals surface area contributed by atoms with Gasteiger partial charge in [-0.3, -0.25) is 4.99 Å². The Kier molecular flexibility index (Phi) is 7.40.